The van der Waals surface area contributed by atoms with Gasteiger partial charge >= 0.3 is 0 Å². The molecule has 0 N–H and O–H groups in total. The maximum atomic E-state index is 10.0. The van der Waals surface area contributed by atoms with Gasteiger partial charge in [0.1, 0.15) is 0 Å². The van der Waals surface area contributed by atoms with Gasteiger partial charge < -0.3 is 0 Å². The second-order valence-corrected chi connectivity index (χ2v) is 3.60. The molecule has 0 saturated carbocycles. The van der Waals surface area contributed by atoms with E-state index in [1.165, 1.54) is 24.3 Å². The minimum atomic E-state index is 0.110. The quantitative estimate of drug-likeness (QED) is 0.526. The Balaban J connectivity index is 2.65. The Morgan fingerprint density at radius 2 is 1.90 bits per heavy atom. The van der Waals surface area contributed by atoms with Crippen LogP contribution in [-0.2, 0) is 5.11 Å². The predicted molar refractivity (Wildman–Crippen MR) is 47.0 cm³/mol. The normalized spacial score (nSPS) is 10.2. The molecule has 0 aromatic carbocycles. The van der Waals surface area contributed by atoms with Crippen molar-refractivity contribution in [2.24, 2.45) is 0 Å². The van der Waals surface area contributed by atoms with Crippen molar-refractivity contribution in [2.75, 3.05) is 18.1 Å². The van der Waals surface area contributed by atoms with Crippen molar-refractivity contribution in [2.45, 2.75) is 32.6 Å². The first-order valence-corrected chi connectivity index (χ1v) is 5.23. The highest BCUT2D eigenvalue weighted by Crippen LogP contribution is 2.06. The van der Waals surface area contributed by atoms with Crippen LogP contribution < -0.4 is 0 Å². The van der Waals surface area contributed by atoms with E-state index in [9.17, 15) is 5.11 Å². The number of unbranched alkanes of at least 4 members (excludes halogenated alkanes) is 2. The Morgan fingerprint density at radius 1 is 1.10 bits per heavy atom. The van der Waals surface area contributed by atoms with Crippen LogP contribution in [0.3, 0.4) is 0 Å². The molecule has 0 aliphatic heterocycles. The minimum Gasteiger partial charge on any atom is -0.237 e. The van der Waals surface area contributed by atoms with E-state index >= 15 is 0 Å². The molecule has 0 amide bonds. The van der Waals surface area contributed by atoms with Gasteiger partial charge in [0.05, 0.1) is 6.61 Å². The molecule has 1 radical (unpaired) electrons. The summed E-state index contributed by atoms with van der Waals surface area (Å²) in [6, 6.07) is 0. The smallest absolute Gasteiger partial charge is 0.0822 e. The van der Waals surface area contributed by atoms with E-state index in [1.807, 2.05) is 11.8 Å². The molecule has 0 aromatic heterocycles. The maximum Gasteiger partial charge on any atom is 0.0822 e. The van der Waals surface area contributed by atoms with Gasteiger partial charge in [-0.3, -0.25) is 0 Å². The molecule has 0 bridgehead atoms. The Kier molecular flexibility index (Phi) is 9.60. The number of hydrogen-bond donors (Lipinski definition) is 0. The second-order valence-electron chi connectivity index (χ2n) is 2.38. The summed E-state index contributed by atoms with van der Waals surface area (Å²) >= 11 is 2.00. The molecule has 0 aliphatic carbocycles. The van der Waals surface area contributed by atoms with Gasteiger partial charge in [0.25, 0.3) is 0 Å². The van der Waals surface area contributed by atoms with E-state index in [0.29, 0.717) is 0 Å². The van der Waals surface area contributed by atoms with Crippen LogP contribution in [0, 0.1) is 0 Å². The van der Waals surface area contributed by atoms with Crippen molar-refractivity contribution >= 4 is 11.8 Å². The fourth-order valence-corrected chi connectivity index (χ4v) is 1.63. The zero-order valence-corrected chi connectivity index (χ0v) is 7.58. The summed E-state index contributed by atoms with van der Waals surface area (Å²) in [6.45, 7) is 2.31. The van der Waals surface area contributed by atoms with Gasteiger partial charge in [0.2, 0.25) is 0 Å². The van der Waals surface area contributed by atoms with Crippen LogP contribution >= 0.6 is 11.8 Å². The third-order valence-corrected chi connectivity index (χ3v) is 2.56. The van der Waals surface area contributed by atoms with E-state index in [2.05, 4.69) is 6.92 Å². The molecule has 0 spiro atoms. The monoisotopic (exact) mass is 161 g/mol. The third-order valence-electron chi connectivity index (χ3n) is 1.28. The predicted octanol–water partition coefficient (Wildman–Crippen LogP) is 2.73. The van der Waals surface area contributed by atoms with Gasteiger partial charge in [-0.2, -0.15) is 11.8 Å². The van der Waals surface area contributed by atoms with Crippen molar-refractivity contribution in [3.8, 4) is 0 Å². The lowest BCUT2D eigenvalue weighted by Crippen LogP contribution is -1.85. The first-order valence-electron chi connectivity index (χ1n) is 4.07. The number of rotatable bonds is 7. The minimum absolute atomic E-state index is 0.110. The Bertz CT molecular complexity index is 49.2. The molecule has 0 unspecified atom stereocenters. The van der Waals surface area contributed by atoms with Crippen LogP contribution in [0.2, 0.25) is 0 Å². The van der Waals surface area contributed by atoms with Crippen LogP contribution in [-0.4, -0.2) is 18.1 Å². The summed E-state index contributed by atoms with van der Waals surface area (Å²) in [5, 5.41) is 10.0. The standard InChI is InChI=1S/C8H17OS/c1-2-7-10-8-5-3-4-6-9/h2-8H2,1H3. The van der Waals surface area contributed by atoms with Crippen molar-refractivity contribution in [1.82, 2.24) is 0 Å². The SMILES string of the molecule is CCCSCCCCC[O]. The number of hydrogen-bond acceptors (Lipinski definition) is 1. The number of thioether (sulfide) groups is 1. The molecule has 10 heavy (non-hydrogen) atoms. The molecule has 0 aromatic rings. The van der Waals surface area contributed by atoms with Gasteiger partial charge in [-0.25, -0.2) is 5.11 Å². The van der Waals surface area contributed by atoms with E-state index < -0.39 is 0 Å². The lowest BCUT2D eigenvalue weighted by molar-refractivity contribution is 0.186. The highest BCUT2D eigenvalue weighted by Gasteiger charge is 1.88. The lowest BCUT2D eigenvalue weighted by atomic mass is 10.3. The zero-order valence-electron chi connectivity index (χ0n) is 6.77. The summed E-state index contributed by atoms with van der Waals surface area (Å²) < 4.78 is 0. The summed E-state index contributed by atoms with van der Waals surface area (Å²) in [4.78, 5) is 0. The first-order chi connectivity index (χ1) is 4.91. The fraction of sp³-hybridized carbons (Fsp3) is 1.00. The molecule has 61 valence electrons. The average molecular weight is 161 g/mol. The summed E-state index contributed by atoms with van der Waals surface area (Å²) in [5.74, 6) is 2.52. The molecule has 0 rings (SSSR count). The van der Waals surface area contributed by atoms with Gasteiger partial charge in [-0.1, -0.05) is 13.3 Å². The molecule has 0 atom stereocenters. The fourth-order valence-electron chi connectivity index (χ4n) is 0.729. The molecular formula is C8H17OS. The van der Waals surface area contributed by atoms with E-state index in [1.54, 1.807) is 0 Å². The molecule has 1 nitrogen and oxygen atoms in total. The maximum absolute atomic E-state index is 10.0. The Labute approximate surface area is 68.2 Å². The third kappa shape index (κ3) is 8.31. The van der Waals surface area contributed by atoms with Gasteiger partial charge in [-0.15, -0.1) is 0 Å². The van der Waals surface area contributed by atoms with Crippen molar-refractivity contribution in [3.63, 3.8) is 0 Å². The van der Waals surface area contributed by atoms with Crippen LogP contribution in [0.25, 0.3) is 0 Å². The van der Waals surface area contributed by atoms with Crippen LogP contribution in [0.4, 0.5) is 0 Å². The summed E-state index contributed by atoms with van der Waals surface area (Å²) in [5.41, 5.74) is 0. The van der Waals surface area contributed by atoms with Crippen molar-refractivity contribution in [3.05, 3.63) is 0 Å². The van der Waals surface area contributed by atoms with E-state index in [4.69, 9.17) is 0 Å². The molecular weight excluding hydrogens is 144 g/mol. The largest absolute Gasteiger partial charge is 0.237 e. The average Bonchev–Trinajstić information content (AvgIpc) is 1.97. The Morgan fingerprint density at radius 3 is 2.50 bits per heavy atom. The summed E-state index contributed by atoms with van der Waals surface area (Å²) in [6.07, 6.45) is 4.49. The van der Waals surface area contributed by atoms with Gasteiger partial charge in [0.15, 0.2) is 0 Å². The molecule has 0 fully saturated rings. The highest BCUT2D eigenvalue weighted by atomic mass is 32.2. The van der Waals surface area contributed by atoms with Crippen molar-refractivity contribution in [1.29, 1.82) is 0 Å². The van der Waals surface area contributed by atoms with E-state index in [-0.39, 0.29) is 6.61 Å². The lowest BCUT2D eigenvalue weighted by Gasteiger charge is -1.97. The topological polar surface area (TPSA) is 19.9 Å². The Hall–Kier alpha value is 0.310. The molecule has 2 heteroatoms. The van der Waals surface area contributed by atoms with E-state index in [0.717, 1.165) is 12.8 Å². The van der Waals surface area contributed by atoms with Crippen LogP contribution in [0.1, 0.15) is 32.6 Å². The molecule has 0 heterocycles. The summed E-state index contributed by atoms with van der Waals surface area (Å²) in [7, 11) is 0. The van der Waals surface area contributed by atoms with Crippen LogP contribution in [0.5, 0.6) is 0 Å². The van der Waals surface area contributed by atoms with Gasteiger partial charge in [-0.05, 0) is 30.8 Å². The zero-order chi connectivity index (χ0) is 7.66. The van der Waals surface area contributed by atoms with Crippen molar-refractivity contribution < 1.29 is 5.11 Å². The van der Waals surface area contributed by atoms with Crippen LogP contribution in [0.15, 0.2) is 0 Å². The first kappa shape index (κ1) is 10.3. The second kappa shape index (κ2) is 9.31. The molecule has 0 aliphatic rings. The molecule has 0 saturated heterocycles. The highest BCUT2D eigenvalue weighted by molar-refractivity contribution is 7.99. The van der Waals surface area contributed by atoms with Gasteiger partial charge in [0, 0.05) is 0 Å².